The van der Waals surface area contributed by atoms with Crippen molar-refractivity contribution in [2.24, 2.45) is 0 Å². The zero-order valence-corrected chi connectivity index (χ0v) is 9.95. The van der Waals surface area contributed by atoms with Gasteiger partial charge in [0.1, 0.15) is 5.75 Å². The minimum atomic E-state index is -0.432. The second-order valence-electron chi connectivity index (χ2n) is 2.90. The highest BCUT2D eigenvalue weighted by Crippen LogP contribution is 2.28. The number of nitrogens with zero attached hydrogens (tertiary/aromatic N) is 1. The van der Waals surface area contributed by atoms with E-state index in [-0.39, 0.29) is 5.70 Å². The number of hydrogen-bond acceptors (Lipinski definition) is 3. The Kier molecular flexibility index (Phi) is 3.85. The molecule has 0 atom stereocenters. The van der Waals surface area contributed by atoms with E-state index >= 15 is 0 Å². The first-order chi connectivity index (χ1) is 7.06. The van der Waals surface area contributed by atoms with Gasteiger partial charge in [-0.25, -0.2) is 0 Å². The fourth-order valence-electron chi connectivity index (χ4n) is 1.10. The van der Waals surface area contributed by atoms with E-state index in [2.05, 4.69) is 15.9 Å². The summed E-state index contributed by atoms with van der Waals surface area (Å²) in [5.74, 6) is 0.602. The smallest absolute Gasteiger partial charge is 0.243 e. The van der Waals surface area contributed by atoms with Gasteiger partial charge in [0.05, 0.1) is 12.0 Å². The van der Waals surface area contributed by atoms with Crippen LogP contribution in [-0.4, -0.2) is 12.0 Å². The van der Waals surface area contributed by atoms with Crippen LogP contribution in [0.2, 0.25) is 0 Å². The van der Waals surface area contributed by atoms with Crippen LogP contribution >= 0.6 is 15.9 Å². The van der Waals surface area contributed by atoms with Gasteiger partial charge in [-0.1, -0.05) is 22.0 Å². The predicted molar refractivity (Wildman–Crippen MR) is 61.3 cm³/mol. The summed E-state index contributed by atoms with van der Waals surface area (Å²) in [6, 6.07) is 5.37. The molecule has 0 aromatic heterocycles. The molecule has 0 bridgehead atoms. The molecule has 0 N–H and O–H groups in total. The van der Waals surface area contributed by atoms with Crippen LogP contribution in [0.4, 0.5) is 0 Å². The summed E-state index contributed by atoms with van der Waals surface area (Å²) in [6.07, 6.45) is 1.48. The van der Waals surface area contributed by atoms with Crippen LogP contribution in [-0.2, 0) is 0 Å². The van der Waals surface area contributed by atoms with Crippen molar-refractivity contribution in [3.63, 3.8) is 0 Å². The van der Waals surface area contributed by atoms with Crippen molar-refractivity contribution in [1.82, 2.24) is 0 Å². The number of ether oxygens (including phenoxy) is 1. The Labute approximate surface area is 95.8 Å². The van der Waals surface area contributed by atoms with Crippen LogP contribution in [0.3, 0.4) is 0 Å². The fourth-order valence-corrected chi connectivity index (χ4v) is 1.56. The number of methoxy groups -OCH3 is 1. The topological polar surface area (TPSA) is 52.4 Å². The lowest BCUT2D eigenvalue weighted by Crippen LogP contribution is -1.95. The molecule has 0 aliphatic carbocycles. The molecule has 4 nitrogen and oxygen atoms in total. The molecule has 0 unspecified atom stereocenters. The first-order valence-electron chi connectivity index (χ1n) is 4.21. The van der Waals surface area contributed by atoms with Crippen molar-refractivity contribution >= 4 is 22.0 Å². The highest BCUT2D eigenvalue weighted by molar-refractivity contribution is 9.10. The SMILES string of the molecule is COc1cccc(Br)c1/C=C(\C)[N+](=O)[O-]. The first-order valence-corrected chi connectivity index (χ1v) is 5.00. The Hall–Kier alpha value is -1.36. The second-order valence-corrected chi connectivity index (χ2v) is 3.75. The number of halogens is 1. The van der Waals surface area contributed by atoms with Crippen molar-refractivity contribution < 1.29 is 9.66 Å². The minimum absolute atomic E-state index is 0.0696. The summed E-state index contributed by atoms with van der Waals surface area (Å²) in [5.41, 5.74) is 0.745. The zero-order valence-electron chi connectivity index (χ0n) is 8.36. The summed E-state index contributed by atoms with van der Waals surface area (Å²) in [5, 5.41) is 10.5. The van der Waals surface area contributed by atoms with Crippen molar-refractivity contribution in [2.45, 2.75) is 6.92 Å². The van der Waals surface area contributed by atoms with Gasteiger partial charge in [-0.3, -0.25) is 10.1 Å². The van der Waals surface area contributed by atoms with E-state index in [0.29, 0.717) is 11.3 Å². The van der Waals surface area contributed by atoms with Crippen molar-refractivity contribution in [3.05, 3.63) is 44.0 Å². The summed E-state index contributed by atoms with van der Waals surface area (Å²) < 4.78 is 5.88. The van der Waals surface area contributed by atoms with E-state index < -0.39 is 4.92 Å². The number of benzene rings is 1. The molecule has 0 saturated heterocycles. The maximum Gasteiger partial charge on any atom is 0.243 e. The quantitative estimate of drug-likeness (QED) is 0.627. The van der Waals surface area contributed by atoms with E-state index in [0.717, 1.165) is 4.47 Å². The molecule has 80 valence electrons. The van der Waals surface area contributed by atoms with Crippen LogP contribution in [0, 0.1) is 10.1 Å². The number of rotatable bonds is 3. The molecule has 0 aliphatic heterocycles. The van der Waals surface area contributed by atoms with Crippen LogP contribution in [0.1, 0.15) is 12.5 Å². The zero-order chi connectivity index (χ0) is 11.4. The Morgan fingerprint density at radius 3 is 2.80 bits per heavy atom. The van der Waals surface area contributed by atoms with Crippen LogP contribution in [0.15, 0.2) is 28.4 Å². The molecule has 0 aliphatic rings. The third-order valence-electron chi connectivity index (χ3n) is 1.87. The van der Waals surface area contributed by atoms with Gasteiger partial charge in [-0.15, -0.1) is 0 Å². The lowest BCUT2D eigenvalue weighted by molar-refractivity contribution is -0.422. The van der Waals surface area contributed by atoms with E-state index in [1.807, 2.05) is 12.1 Å². The first kappa shape index (κ1) is 11.7. The van der Waals surface area contributed by atoms with Gasteiger partial charge in [0.25, 0.3) is 0 Å². The van der Waals surface area contributed by atoms with E-state index in [1.165, 1.54) is 20.1 Å². The lowest BCUT2D eigenvalue weighted by Gasteiger charge is -2.05. The van der Waals surface area contributed by atoms with Crippen molar-refractivity contribution in [3.8, 4) is 5.75 Å². The Morgan fingerprint density at radius 2 is 2.27 bits per heavy atom. The number of allylic oxidation sites excluding steroid dienone is 1. The molecule has 15 heavy (non-hydrogen) atoms. The molecule has 1 aromatic rings. The standard InChI is InChI=1S/C10H10BrNO3/c1-7(12(13)14)6-8-9(11)4-3-5-10(8)15-2/h3-6H,1-2H3/b7-6+. The average molecular weight is 272 g/mol. The van der Waals surface area contributed by atoms with Crippen molar-refractivity contribution in [1.29, 1.82) is 0 Å². The molecule has 0 fully saturated rings. The van der Waals surface area contributed by atoms with Gasteiger partial charge >= 0.3 is 0 Å². The fraction of sp³-hybridized carbons (Fsp3) is 0.200. The third kappa shape index (κ3) is 2.79. The van der Waals surface area contributed by atoms with Crippen LogP contribution in [0.5, 0.6) is 5.75 Å². The molecule has 1 aromatic carbocycles. The molecular formula is C10H10BrNO3. The van der Waals surface area contributed by atoms with Crippen LogP contribution in [0.25, 0.3) is 6.08 Å². The monoisotopic (exact) mass is 271 g/mol. The summed E-state index contributed by atoms with van der Waals surface area (Å²) in [4.78, 5) is 10.1. The third-order valence-corrected chi connectivity index (χ3v) is 2.57. The van der Waals surface area contributed by atoms with Gasteiger partial charge in [-0.2, -0.15) is 0 Å². The summed E-state index contributed by atoms with van der Waals surface area (Å²) >= 11 is 3.32. The average Bonchev–Trinajstić information content (AvgIpc) is 2.20. The Bertz CT molecular complexity index is 415. The van der Waals surface area contributed by atoms with Gasteiger partial charge in [-0.05, 0) is 12.1 Å². The molecule has 0 heterocycles. The molecule has 0 saturated carbocycles. The van der Waals surface area contributed by atoms with Gasteiger partial charge in [0.15, 0.2) is 0 Å². The molecule has 0 amide bonds. The number of nitro groups is 1. The molecular weight excluding hydrogens is 262 g/mol. The van der Waals surface area contributed by atoms with Gasteiger partial charge in [0.2, 0.25) is 5.70 Å². The van der Waals surface area contributed by atoms with Crippen molar-refractivity contribution in [2.75, 3.05) is 7.11 Å². The molecule has 1 rings (SSSR count). The summed E-state index contributed by atoms with van der Waals surface area (Å²) in [6.45, 7) is 1.44. The lowest BCUT2D eigenvalue weighted by atomic mass is 10.2. The highest BCUT2D eigenvalue weighted by Gasteiger charge is 2.09. The van der Waals surface area contributed by atoms with E-state index in [9.17, 15) is 10.1 Å². The molecule has 0 spiro atoms. The minimum Gasteiger partial charge on any atom is -0.496 e. The van der Waals surface area contributed by atoms with E-state index in [1.54, 1.807) is 6.07 Å². The number of hydrogen-bond donors (Lipinski definition) is 0. The van der Waals surface area contributed by atoms with E-state index in [4.69, 9.17) is 4.74 Å². The Balaban J connectivity index is 3.24. The molecule has 0 radical (unpaired) electrons. The maximum atomic E-state index is 10.5. The normalized spacial score (nSPS) is 11.3. The second kappa shape index (κ2) is 4.93. The highest BCUT2D eigenvalue weighted by atomic mass is 79.9. The van der Waals surface area contributed by atoms with Gasteiger partial charge < -0.3 is 4.74 Å². The summed E-state index contributed by atoms with van der Waals surface area (Å²) in [7, 11) is 1.53. The van der Waals surface area contributed by atoms with Crippen LogP contribution < -0.4 is 4.74 Å². The molecule has 5 heteroatoms. The largest absolute Gasteiger partial charge is 0.496 e. The van der Waals surface area contributed by atoms with Gasteiger partial charge in [0, 0.05) is 23.0 Å². The predicted octanol–water partition coefficient (Wildman–Crippen LogP) is 3.10. The Morgan fingerprint density at radius 1 is 1.60 bits per heavy atom. The maximum absolute atomic E-state index is 10.5.